The third kappa shape index (κ3) is 3.95. The Kier molecular flexibility index (Phi) is 4.83. The van der Waals surface area contributed by atoms with E-state index in [2.05, 4.69) is 37.8 Å². The Morgan fingerprint density at radius 1 is 1.11 bits per heavy atom. The van der Waals surface area contributed by atoms with Gasteiger partial charge in [0.15, 0.2) is 0 Å². The van der Waals surface area contributed by atoms with Crippen LogP contribution in [0.5, 0.6) is 5.75 Å². The highest BCUT2D eigenvalue weighted by Crippen LogP contribution is 2.22. The fourth-order valence-electron chi connectivity index (χ4n) is 2.52. The van der Waals surface area contributed by atoms with E-state index in [1.165, 1.54) is 16.7 Å². The van der Waals surface area contributed by atoms with Crippen molar-refractivity contribution in [3.05, 3.63) is 28.8 Å². The first-order valence-electron chi connectivity index (χ1n) is 7.17. The molecule has 1 fully saturated rings. The largest absolute Gasteiger partial charge is 0.492 e. The minimum Gasteiger partial charge on any atom is -0.492 e. The molecule has 1 aliphatic heterocycles. The zero-order chi connectivity index (χ0) is 13.8. The van der Waals surface area contributed by atoms with Crippen molar-refractivity contribution >= 4 is 0 Å². The van der Waals surface area contributed by atoms with Gasteiger partial charge in [-0.1, -0.05) is 6.07 Å². The third-order valence-corrected chi connectivity index (χ3v) is 4.01. The summed E-state index contributed by atoms with van der Waals surface area (Å²) in [7, 11) is 0. The van der Waals surface area contributed by atoms with Crippen molar-refractivity contribution in [2.75, 3.05) is 26.2 Å². The van der Waals surface area contributed by atoms with Crippen LogP contribution in [0.15, 0.2) is 12.1 Å². The first-order valence-corrected chi connectivity index (χ1v) is 7.17. The molecule has 0 aromatic heterocycles. The van der Waals surface area contributed by atoms with Crippen LogP contribution in [0.25, 0.3) is 0 Å². The molecule has 106 valence electrons. The van der Waals surface area contributed by atoms with Crippen molar-refractivity contribution in [3.8, 4) is 5.75 Å². The molecule has 1 saturated heterocycles. The second-order valence-corrected chi connectivity index (χ2v) is 5.62. The minimum atomic E-state index is -0.0980. The second-order valence-electron chi connectivity index (χ2n) is 5.62. The number of piperidine rings is 1. The van der Waals surface area contributed by atoms with Gasteiger partial charge in [0.05, 0.1) is 6.10 Å². The molecule has 1 aliphatic rings. The van der Waals surface area contributed by atoms with Gasteiger partial charge in [-0.15, -0.1) is 0 Å². The number of hydrogen-bond donors (Lipinski definition) is 1. The molecular weight excluding hydrogens is 238 g/mol. The van der Waals surface area contributed by atoms with Crippen LogP contribution >= 0.6 is 0 Å². The number of aliphatic hydroxyl groups excluding tert-OH is 1. The first kappa shape index (κ1) is 14.4. The zero-order valence-corrected chi connectivity index (χ0v) is 12.3. The van der Waals surface area contributed by atoms with E-state index in [-0.39, 0.29) is 6.10 Å². The second kappa shape index (κ2) is 6.40. The summed E-state index contributed by atoms with van der Waals surface area (Å²) in [6, 6.07) is 4.31. The van der Waals surface area contributed by atoms with E-state index in [9.17, 15) is 5.11 Å². The van der Waals surface area contributed by atoms with Gasteiger partial charge in [-0.2, -0.15) is 0 Å². The van der Waals surface area contributed by atoms with Crippen molar-refractivity contribution in [1.82, 2.24) is 4.90 Å². The smallest absolute Gasteiger partial charge is 0.122 e. The van der Waals surface area contributed by atoms with Gasteiger partial charge in [-0.05, 0) is 56.4 Å². The molecule has 1 aromatic rings. The van der Waals surface area contributed by atoms with Gasteiger partial charge in [0.1, 0.15) is 12.4 Å². The highest BCUT2D eigenvalue weighted by Gasteiger charge is 2.16. The molecular formula is C16H25NO2. The maximum atomic E-state index is 9.47. The number of aryl methyl sites for hydroxylation is 3. The normalized spacial score (nSPS) is 17.7. The lowest BCUT2D eigenvalue weighted by Gasteiger charge is -2.29. The van der Waals surface area contributed by atoms with E-state index in [1.54, 1.807) is 0 Å². The lowest BCUT2D eigenvalue weighted by atomic mass is 10.1. The van der Waals surface area contributed by atoms with Gasteiger partial charge in [-0.3, -0.25) is 4.90 Å². The van der Waals surface area contributed by atoms with Gasteiger partial charge in [-0.25, -0.2) is 0 Å². The number of likely N-dealkylation sites (tertiary alicyclic amines) is 1. The highest BCUT2D eigenvalue weighted by atomic mass is 16.5. The monoisotopic (exact) mass is 263 g/mol. The SMILES string of the molecule is Cc1cc(C)c(OCCN2CCC(O)CC2)cc1C. The molecule has 1 N–H and O–H groups in total. The number of hydrogen-bond acceptors (Lipinski definition) is 3. The van der Waals surface area contributed by atoms with E-state index >= 15 is 0 Å². The van der Waals surface area contributed by atoms with Crippen molar-refractivity contribution in [2.24, 2.45) is 0 Å². The molecule has 0 radical (unpaired) electrons. The van der Waals surface area contributed by atoms with Crippen LogP contribution in [0.4, 0.5) is 0 Å². The van der Waals surface area contributed by atoms with Gasteiger partial charge in [0.25, 0.3) is 0 Å². The number of nitrogens with zero attached hydrogens (tertiary/aromatic N) is 1. The Morgan fingerprint density at radius 2 is 1.74 bits per heavy atom. The fraction of sp³-hybridized carbons (Fsp3) is 0.625. The molecule has 0 aliphatic carbocycles. The van der Waals surface area contributed by atoms with Crippen molar-refractivity contribution in [3.63, 3.8) is 0 Å². The summed E-state index contributed by atoms with van der Waals surface area (Å²) in [4.78, 5) is 2.36. The molecule has 0 saturated carbocycles. The van der Waals surface area contributed by atoms with E-state index in [1.807, 2.05) is 0 Å². The standard InChI is InChI=1S/C16H25NO2/c1-12-10-14(3)16(11-13(12)2)19-9-8-17-6-4-15(18)5-7-17/h10-11,15,18H,4-9H2,1-3H3. The van der Waals surface area contributed by atoms with E-state index in [0.29, 0.717) is 0 Å². The Balaban J connectivity index is 1.81. The van der Waals surface area contributed by atoms with Crippen molar-refractivity contribution in [2.45, 2.75) is 39.7 Å². The average molecular weight is 263 g/mol. The van der Waals surface area contributed by atoms with Crippen LogP contribution in [-0.4, -0.2) is 42.4 Å². The molecule has 2 rings (SSSR count). The predicted molar refractivity (Wildman–Crippen MR) is 77.8 cm³/mol. The molecule has 3 nitrogen and oxygen atoms in total. The van der Waals surface area contributed by atoms with Gasteiger partial charge >= 0.3 is 0 Å². The summed E-state index contributed by atoms with van der Waals surface area (Å²) in [6.07, 6.45) is 1.69. The van der Waals surface area contributed by atoms with Crippen LogP contribution in [0, 0.1) is 20.8 Å². The zero-order valence-electron chi connectivity index (χ0n) is 12.3. The van der Waals surface area contributed by atoms with Crippen LogP contribution in [0.3, 0.4) is 0 Å². The molecule has 0 spiro atoms. The highest BCUT2D eigenvalue weighted by molar-refractivity contribution is 5.40. The molecule has 0 unspecified atom stereocenters. The third-order valence-electron chi connectivity index (χ3n) is 4.01. The average Bonchev–Trinajstić information content (AvgIpc) is 2.38. The molecule has 0 atom stereocenters. The number of benzene rings is 1. The van der Waals surface area contributed by atoms with Gasteiger partial charge < -0.3 is 9.84 Å². The Bertz CT molecular complexity index is 423. The maximum Gasteiger partial charge on any atom is 0.122 e. The van der Waals surface area contributed by atoms with E-state index in [0.717, 1.165) is 44.8 Å². The number of aliphatic hydroxyl groups is 1. The quantitative estimate of drug-likeness (QED) is 0.905. The minimum absolute atomic E-state index is 0.0980. The van der Waals surface area contributed by atoms with Gasteiger partial charge in [0.2, 0.25) is 0 Å². The first-order chi connectivity index (χ1) is 9.06. The summed E-state index contributed by atoms with van der Waals surface area (Å²) in [5.74, 6) is 1.00. The maximum absolute atomic E-state index is 9.47. The Morgan fingerprint density at radius 3 is 2.42 bits per heavy atom. The molecule has 0 bridgehead atoms. The lowest BCUT2D eigenvalue weighted by molar-refractivity contribution is 0.0754. The van der Waals surface area contributed by atoms with Crippen LogP contribution in [0.1, 0.15) is 29.5 Å². The lowest BCUT2D eigenvalue weighted by Crippen LogP contribution is -2.38. The van der Waals surface area contributed by atoms with Crippen molar-refractivity contribution in [1.29, 1.82) is 0 Å². The molecule has 1 aromatic carbocycles. The summed E-state index contributed by atoms with van der Waals surface area (Å²) >= 11 is 0. The Hall–Kier alpha value is -1.06. The predicted octanol–water partition coefficient (Wildman–Crippen LogP) is 2.45. The summed E-state index contributed by atoms with van der Waals surface area (Å²) in [5, 5.41) is 9.47. The Labute approximate surface area is 116 Å². The topological polar surface area (TPSA) is 32.7 Å². The van der Waals surface area contributed by atoms with E-state index in [4.69, 9.17) is 4.74 Å². The molecule has 19 heavy (non-hydrogen) atoms. The summed E-state index contributed by atoms with van der Waals surface area (Å²) < 4.78 is 5.90. The van der Waals surface area contributed by atoms with Gasteiger partial charge in [0, 0.05) is 19.6 Å². The number of rotatable bonds is 4. The number of ether oxygens (including phenoxy) is 1. The molecule has 3 heteroatoms. The fourth-order valence-corrected chi connectivity index (χ4v) is 2.52. The van der Waals surface area contributed by atoms with Crippen LogP contribution in [-0.2, 0) is 0 Å². The molecule has 1 heterocycles. The summed E-state index contributed by atoms with van der Waals surface area (Å²) in [5.41, 5.74) is 3.80. The van der Waals surface area contributed by atoms with E-state index < -0.39 is 0 Å². The van der Waals surface area contributed by atoms with Crippen LogP contribution < -0.4 is 4.74 Å². The summed E-state index contributed by atoms with van der Waals surface area (Å²) in [6.45, 7) is 9.98. The van der Waals surface area contributed by atoms with Crippen LogP contribution in [0.2, 0.25) is 0 Å². The van der Waals surface area contributed by atoms with Crippen molar-refractivity contribution < 1.29 is 9.84 Å². The molecule has 0 amide bonds.